The second kappa shape index (κ2) is 10.9. The molecule has 0 bridgehead atoms. The Morgan fingerprint density at radius 1 is 1.21 bits per heavy atom. The number of carbonyl (C=O) groups is 3. The SMILES string of the molecule is C=C(N/C=C(/NC(=O)c1c(Cl)cc2c(c1Cl)CCN(C(=O)c1cc3cccnc3[nH]1)C2)C(=O)O)c1cccs1. The zero-order chi connectivity index (χ0) is 27.7. The fourth-order valence-electron chi connectivity index (χ4n) is 4.29. The molecule has 4 aromatic rings. The van der Waals surface area contributed by atoms with Gasteiger partial charge in [0.2, 0.25) is 0 Å². The standard InChI is InChI=1S/C27H21Cl2N5O4S/c1-14(21-5-3-9-39-21)31-12-20(27(37)38)33-25(35)22-18(28)10-16-13-34(8-6-17(16)23(22)29)26(36)19-11-15-4-2-7-30-24(15)32-19/h2-5,7,9-12,31H,1,6,8,13H2,(H,30,32)(H,33,35)(H,37,38)/b20-12+. The second-order valence-corrected chi connectivity index (χ2v) is 10.4. The molecule has 0 atom stereocenters. The van der Waals surface area contributed by atoms with Crippen molar-refractivity contribution in [3.63, 3.8) is 0 Å². The van der Waals surface area contributed by atoms with Crippen LogP contribution in [0.1, 0.15) is 36.9 Å². The number of carboxylic acids is 1. The molecular formula is C27H21Cl2N5O4S. The van der Waals surface area contributed by atoms with Gasteiger partial charge in [-0.3, -0.25) is 9.59 Å². The number of halogens is 2. The van der Waals surface area contributed by atoms with Crippen LogP contribution in [0.15, 0.2) is 66.5 Å². The van der Waals surface area contributed by atoms with Gasteiger partial charge in [-0.2, -0.15) is 0 Å². The van der Waals surface area contributed by atoms with Crippen LogP contribution in [-0.2, 0) is 17.8 Å². The summed E-state index contributed by atoms with van der Waals surface area (Å²) < 4.78 is 0. The molecule has 0 spiro atoms. The van der Waals surface area contributed by atoms with Crippen molar-refractivity contribution in [1.82, 2.24) is 25.5 Å². The van der Waals surface area contributed by atoms with Crippen molar-refractivity contribution in [1.29, 1.82) is 0 Å². The fraction of sp³-hybridized carbons (Fsp3) is 0.111. The summed E-state index contributed by atoms with van der Waals surface area (Å²) in [5, 5.41) is 17.6. The third kappa shape index (κ3) is 5.40. The van der Waals surface area contributed by atoms with E-state index in [4.69, 9.17) is 23.2 Å². The molecule has 4 N–H and O–H groups in total. The van der Waals surface area contributed by atoms with Gasteiger partial charge in [-0.05, 0) is 53.3 Å². The Hall–Kier alpha value is -4.12. The topological polar surface area (TPSA) is 127 Å². The van der Waals surface area contributed by atoms with Crippen LogP contribution in [0.3, 0.4) is 0 Å². The van der Waals surface area contributed by atoms with E-state index in [1.165, 1.54) is 11.3 Å². The summed E-state index contributed by atoms with van der Waals surface area (Å²) in [6.07, 6.45) is 3.18. The number of nitrogens with zero attached hydrogens (tertiary/aromatic N) is 2. The molecule has 39 heavy (non-hydrogen) atoms. The molecule has 0 saturated carbocycles. The zero-order valence-corrected chi connectivity index (χ0v) is 22.6. The fourth-order valence-corrected chi connectivity index (χ4v) is 5.72. The van der Waals surface area contributed by atoms with Crippen molar-refractivity contribution in [3.05, 3.63) is 104 Å². The molecule has 9 nitrogen and oxygen atoms in total. The zero-order valence-electron chi connectivity index (χ0n) is 20.3. The highest BCUT2D eigenvalue weighted by Crippen LogP contribution is 2.35. The summed E-state index contributed by atoms with van der Waals surface area (Å²) in [5.74, 6) is -2.32. The van der Waals surface area contributed by atoms with Crippen LogP contribution in [0.2, 0.25) is 10.0 Å². The lowest BCUT2D eigenvalue weighted by Gasteiger charge is -2.30. The lowest BCUT2D eigenvalue weighted by molar-refractivity contribution is -0.133. The Bertz CT molecular complexity index is 1630. The highest BCUT2D eigenvalue weighted by molar-refractivity contribution is 7.11. The molecule has 1 aromatic carbocycles. The third-order valence-corrected chi connectivity index (χ3v) is 7.87. The van der Waals surface area contributed by atoms with E-state index in [-0.39, 0.29) is 28.1 Å². The van der Waals surface area contributed by atoms with Gasteiger partial charge in [0.05, 0.1) is 15.6 Å². The summed E-state index contributed by atoms with van der Waals surface area (Å²) in [4.78, 5) is 47.8. The number of carboxylic acid groups (broad SMARTS) is 1. The molecule has 0 unspecified atom stereocenters. The number of hydrogen-bond acceptors (Lipinski definition) is 6. The Morgan fingerprint density at radius 2 is 2.03 bits per heavy atom. The number of benzene rings is 1. The maximum Gasteiger partial charge on any atom is 0.353 e. The van der Waals surface area contributed by atoms with Gasteiger partial charge < -0.3 is 25.6 Å². The van der Waals surface area contributed by atoms with Crippen molar-refractivity contribution < 1.29 is 19.5 Å². The number of aromatic amines is 1. The molecular weight excluding hydrogens is 561 g/mol. The summed E-state index contributed by atoms with van der Waals surface area (Å²) >= 11 is 14.5. The minimum Gasteiger partial charge on any atom is -0.477 e. The van der Waals surface area contributed by atoms with Crippen LogP contribution in [0.4, 0.5) is 0 Å². The molecule has 0 saturated heterocycles. The van der Waals surface area contributed by atoms with Gasteiger partial charge in [0.1, 0.15) is 17.0 Å². The largest absolute Gasteiger partial charge is 0.477 e. The minimum atomic E-state index is -1.36. The van der Waals surface area contributed by atoms with E-state index in [1.54, 1.807) is 29.3 Å². The minimum absolute atomic E-state index is 0.0391. The van der Waals surface area contributed by atoms with Gasteiger partial charge in [-0.25, -0.2) is 9.78 Å². The monoisotopic (exact) mass is 581 g/mol. The second-order valence-electron chi connectivity index (χ2n) is 8.70. The molecule has 3 aromatic heterocycles. The Labute approximate surface area is 236 Å². The van der Waals surface area contributed by atoms with Gasteiger partial charge in [0.25, 0.3) is 11.8 Å². The third-order valence-electron chi connectivity index (χ3n) is 6.23. The van der Waals surface area contributed by atoms with E-state index in [2.05, 4.69) is 27.2 Å². The number of H-pyrrole nitrogens is 1. The summed E-state index contributed by atoms with van der Waals surface area (Å²) in [6, 6.07) is 10.7. The first-order valence-electron chi connectivity index (χ1n) is 11.7. The van der Waals surface area contributed by atoms with Crippen LogP contribution in [0, 0.1) is 0 Å². The van der Waals surface area contributed by atoms with E-state index < -0.39 is 17.6 Å². The first kappa shape index (κ1) is 26.5. The van der Waals surface area contributed by atoms with E-state index in [0.29, 0.717) is 41.1 Å². The maximum atomic E-state index is 13.2. The van der Waals surface area contributed by atoms with Gasteiger partial charge >= 0.3 is 5.97 Å². The number of aliphatic carboxylic acids is 1. The van der Waals surface area contributed by atoms with Crippen molar-refractivity contribution in [2.75, 3.05) is 6.54 Å². The highest BCUT2D eigenvalue weighted by atomic mass is 35.5. The predicted octanol–water partition coefficient (Wildman–Crippen LogP) is 5.05. The van der Waals surface area contributed by atoms with Crippen molar-refractivity contribution in [2.24, 2.45) is 0 Å². The molecule has 1 aliphatic rings. The molecule has 0 radical (unpaired) electrons. The number of pyridine rings is 1. The van der Waals surface area contributed by atoms with Crippen LogP contribution in [0.5, 0.6) is 0 Å². The van der Waals surface area contributed by atoms with Crippen LogP contribution in [0.25, 0.3) is 16.7 Å². The summed E-state index contributed by atoms with van der Waals surface area (Å²) in [6.45, 7) is 4.48. The molecule has 0 aliphatic carbocycles. The van der Waals surface area contributed by atoms with Crippen molar-refractivity contribution >= 4 is 69.1 Å². The number of thiophene rings is 1. The van der Waals surface area contributed by atoms with Crippen molar-refractivity contribution in [3.8, 4) is 0 Å². The maximum absolute atomic E-state index is 13.2. The number of amides is 2. The van der Waals surface area contributed by atoms with E-state index >= 15 is 0 Å². The van der Waals surface area contributed by atoms with Gasteiger partial charge in [0, 0.05) is 41.4 Å². The molecule has 0 fully saturated rings. The Kier molecular flexibility index (Phi) is 7.42. The lowest BCUT2D eigenvalue weighted by Crippen LogP contribution is -2.36. The smallest absolute Gasteiger partial charge is 0.353 e. The average Bonchev–Trinajstić information content (AvgIpc) is 3.60. The molecule has 2 amide bonds. The summed E-state index contributed by atoms with van der Waals surface area (Å²) in [7, 11) is 0. The Balaban J connectivity index is 1.34. The van der Waals surface area contributed by atoms with Crippen LogP contribution in [-0.4, -0.2) is 44.3 Å². The molecule has 5 rings (SSSR count). The number of hydrogen-bond donors (Lipinski definition) is 4. The van der Waals surface area contributed by atoms with E-state index in [9.17, 15) is 19.5 Å². The molecule has 4 heterocycles. The van der Waals surface area contributed by atoms with Gasteiger partial charge in [-0.1, -0.05) is 35.8 Å². The molecule has 12 heteroatoms. The van der Waals surface area contributed by atoms with E-state index in [0.717, 1.165) is 16.5 Å². The summed E-state index contributed by atoms with van der Waals surface area (Å²) in [5.41, 5.74) is 2.46. The van der Waals surface area contributed by atoms with Crippen LogP contribution >= 0.6 is 34.5 Å². The number of aromatic nitrogens is 2. The quantitative estimate of drug-likeness (QED) is 0.226. The predicted molar refractivity (Wildman–Crippen MR) is 151 cm³/mol. The number of nitrogens with one attached hydrogen (secondary N) is 3. The molecule has 198 valence electrons. The van der Waals surface area contributed by atoms with Crippen molar-refractivity contribution in [2.45, 2.75) is 13.0 Å². The number of carbonyl (C=O) groups excluding carboxylic acids is 2. The lowest BCUT2D eigenvalue weighted by atomic mass is 9.96. The first-order valence-corrected chi connectivity index (χ1v) is 13.3. The van der Waals surface area contributed by atoms with Crippen LogP contribution < -0.4 is 10.6 Å². The van der Waals surface area contributed by atoms with Gasteiger partial charge in [-0.15, -0.1) is 11.3 Å². The Morgan fingerprint density at radius 3 is 2.74 bits per heavy atom. The normalized spacial score (nSPS) is 13.2. The highest BCUT2D eigenvalue weighted by Gasteiger charge is 2.29. The number of rotatable bonds is 7. The molecule has 1 aliphatic heterocycles. The average molecular weight is 582 g/mol. The first-order chi connectivity index (χ1) is 18.7. The van der Waals surface area contributed by atoms with Gasteiger partial charge in [0.15, 0.2) is 0 Å². The van der Waals surface area contributed by atoms with E-state index in [1.807, 2.05) is 23.6 Å². The number of fused-ring (bicyclic) bond motifs is 2.